The SMILES string of the molecule is CCNC(c1ccc(C(F)(F)F)c(F)c1)c1cccs1. The predicted octanol–water partition coefficient (Wildman–Crippen LogP) is 4.60. The van der Waals surface area contributed by atoms with Gasteiger partial charge in [0, 0.05) is 4.88 Å². The first-order valence-corrected chi connectivity index (χ1v) is 6.95. The zero-order chi connectivity index (χ0) is 14.8. The summed E-state index contributed by atoms with van der Waals surface area (Å²) in [4.78, 5) is 0.936. The number of alkyl halides is 3. The number of rotatable bonds is 4. The first-order valence-electron chi connectivity index (χ1n) is 6.07. The van der Waals surface area contributed by atoms with Crippen LogP contribution in [-0.2, 0) is 6.18 Å². The lowest BCUT2D eigenvalue weighted by atomic mass is 10.0. The lowest BCUT2D eigenvalue weighted by molar-refractivity contribution is -0.140. The summed E-state index contributed by atoms with van der Waals surface area (Å²) in [5.74, 6) is -1.24. The van der Waals surface area contributed by atoms with Gasteiger partial charge in [0.2, 0.25) is 0 Å². The molecule has 0 amide bonds. The zero-order valence-corrected chi connectivity index (χ0v) is 11.5. The largest absolute Gasteiger partial charge is 0.419 e. The van der Waals surface area contributed by atoms with Gasteiger partial charge in [-0.25, -0.2) is 4.39 Å². The summed E-state index contributed by atoms with van der Waals surface area (Å²) in [6.07, 6.45) is -4.67. The maximum absolute atomic E-state index is 13.6. The molecule has 0 saturated carbocycles. The highest BCUT2D eigenvalue weighted by atomic mass is 32.1. The van der Waals surface area contributed by atoms with Crippen molar-refractivity contribution in [1.82, 2.24) is 5.32 Å². The van der Waals surface area contributed by atoms with E-state index in [1.807, 2.05) is 24.4 Å². The fourth-order valence-corrected chi connectivity index (χ4v) is 2.81. The second-order valence-electron chi connectivity index (χ2n) is 4.24. The lowest BCUT2D eigenvalue weighted by Gasteiger charge is -2.18. The molecule has 2 aromatic rings. The summed E-state index contributed by atoms with van der Waals surface area (Å²) in [6.45, 7) is 2.52. The molecule has 1 unspecified atom stereocenters. The smallest absolute Gasteiger partial charge is 0.306 e. The highest BCUT2D eigenvalue weighted by molar-refractivity contribution is 7.10. The van der Waals surface area contributed by atoms with Gasteiger partial charge in [-0.05, 0) is 35.7 Å². The summed E-state index contributed by atoms with van der Waals surface area (Å²) >= 11 is 1.47. The van der Waals surface area contributed by atoms with E-state index in [1.165, 1.54) is 17.4 Å². The predicted molar refractivity (Wildman–Crippen MR) is 71.2 cm³/mol. The third-order valence-electron chi connectivity index (χ3n) is 2.87. The minimum atomic E-state index is -4.67. The third-order valence-corrected chi connectivity index (χ3v) is 3.80. The van der Waals surface area contributed by atoms with E-state index >= 15 is 0 Å². The molecule has 0 spiro atoms. The first kappa shape index (κ1) is 15.0. The summed E-state index contributed by atoms with van der Waals surface area (Å²) in [5.41, 5.74) is -0.748. The van der Waals surface area contributed by atoms with Crippen molar-refractivity contribution in [2.45, 2.75) is 19.1 Å². The molecule has 1 aromatic heterocycles. The summed E-state index contributed by atoms with van der Waals surface area (Å²) < 4.78 is 51.3. The Kier molecular flexibility index (Phi) is 4.45. The molecular formula is C14H13F4NS. The quantitative estimate of drug-likeness (QED) is 0.814. The molecule has 108 valence electrons. The molecule has 1 aromatic carbocycles. The second-order valence-corrected chi connectivity index (χ2v) is 5.22. The Hall–Kier alpha value is -1.40. The van der Waals surface area contributed by atoms with Crippen molar-refractivity contribution < 1.29 is 17.6 Å². The van der Waals surface area contributed by atoms with Crippen LogP contribution in [0.4, 0.5) is 17.6 Å². The number of thiophene rings is 1. The average molecular weight is 303 g/mol. The number of hydrogen-bond acceptors (Lipinski definition) is 2. The van der Waals surface area contributed by atoms with Gasteiger partial charge in [0.15, 0.2) is 0 Å². The minimum Gasteiger partial charge on any atom is -0.306 e. The van der Waals surface area contributed by atoms with Crippen LogP contribution in [-0.4, -0.2) is 6.54 Å². The van der Waals surface area contributed by atoms with E-state index in [0.29, 0.717) is 12.1 Å². The second kappa shape index (κ2) is 5.93. The summed E-state index contributed by atoms with van der Waals surface area (Å²) in [5, 5.41) is 5.02. The Labute approximate surface area is 118 Å². The molecule has 0 aliphatic carbocycles. The van der Waals surface area contributed by atoms with E-state index in [1.54, 1.807) is 0 Å². The van der Waals surface area contributed by atoms with Crippen molar-refractivity contribution in [2.24, 2.45) is 0 Å². The van der Waals surface area contributed by atoms with Gasteiger partial charge in [-0.1, -0.05) is 19.1 Å². The molecule has 2 rings (SSSR count). The van der Waals surface area contributed by atoms with E-state index in [4.69, 9.17) is 0 Å². The van der Waals surface area contributed by atoms with Gasteiger partial charge in [-0.2, -0.15) is 13.2 Å². The Morgan fingerprint density at radius 1 is 1.25 bits per heavy atom. The number of nitrogens with one attached hydrogen (secondary N) is 1. The van der Waals surface area contributed by atoms with Gasteiger partial charge < -0.3 is 5.32 Å². The van der Waals surface area contributed by atoms with Crippen LogP contribution in [0.5, 0.6) is 0 Å². The van der Waals surface area contributed by atoms with Gasteiger partial charge in [0.1, 0.15) is 5.82 Å². The van der Waals surface area contributed by atoms with E-state index in [2.05, 4.69) is 5.32 Å². The van der Waals surface area contributed by atoms with Gasteiger partial charge >= 0.3 is 6.18 Å². The van der Waals surface area contributed by atoms with Crippen LogP contribution in [0, 0.1) is 5.82 Å². The van der Waals surface area contributed by atoms with Crippen molar-refractivity contribution in [3.8, 4) is 0 Å². The topological polar surface area (TPSA) is 12.0 Å². The molecule has 1 heterocycles. The van der Waals surface area contributed by atoms with Crippen LogP contribution >= 0.6 is 11.3 Å². The Bertz CT molecular complexity index is 563. The highest BCUT2D eigenvalue weighted by Gasteiger charge is 2.34. The van der Waals surface area contributed by atoms with Crippen molar-refractivity contribution in [3.63, 3.8) is 0 Å². The molecule has 0 radical (unpaired) electrons. The molecule has 0 aliphatic rings. The molecule has 0 fully saturated rings. The fraction of sp³-hybridized carbons (Fsp3) is 0.286. The van der Waals surface area contributed by atoms with E-state index in [-0.39, 0.29) is 6.04 Å². The van der Waals surface area contributed by atoms with Crippen LogP contribution in [0.1, 0.15) is 29.0 Å². The van der Waals surface area contributed by atoms with Crippen LogP contribution in [0.15, 0.2) is 35.7 Å². The van der Waals surface area contributed by atoms with E-state index in [0.717, 1.165) is 17.0 Å². The molecule has 1 N–H and O–H groups in total. The van der Waals surface area contributed by atoms with Crippen LogP contribution in [0.2, 0.25) is 0 Å². The Morgan fingerprint density at radius 3 is 2.50 bits per heavy atom. The van der Waals surface area contributed by atoms with Crippen molar-refractivity contribution >= 4 is 11.3 Å². The zero-order valence-electron chi connectivity index (χ0n) is 10.7. The molecule has 1 atom stereocenters. The highest BCUT2D eigenvalue weighted by Crippen LogP contribution is 2.34. The van der Waals surface area contributed by atoms with Gasteiger partial charge in [-0.3, -0.25) is 0 Å². The van der Waals surface area contributed by atoms with Gasteiger partial charge in [-0.15, -0.1) is 11.3 Å². The molecular weight excluding hydrogens is 290 g/mol. The van der Waals surface area contributed by atoms with Crippen LogP contribution in [0.3, 0.4) is 0 Å². The monoisotopic (exact) mass is 303 g/mol. The van der Waals surface area contributed by atoms with Gasteiger partial charge in [0.05, 0.1) is 11.6 Å². The van der Waals surface area contributed by atoms with Crippen LogP contribution < -0.4 is 5.32 Å². The minimum absolute atomic E-state index is 0.295. The average Bonchev–Trinajstić information content (AvgIpc) is 2.87. The van der Waals surface area contributed by atoms with Gasteiger partial charge in [0.25, 0.3) is 0 Å². The molecule has 0 bridgehead atoms. The third kappa shape index (κ3) is 3.19. The number of halogens is 4. The number of benzene rings is 1. The van der Waals surface area contributed by atoms with Crippen molar-refractivity contribution in [1.29, 1.82) is 0 Å². The summed E-state index contributed by atoms with van der Waals surface area (Å²) in [7, 11) is 0. The fourth-order valence-electron chi connectivity index (χ4n) is 1.98. The Balaban J connectivity index is 2.38. The molecule has 6 heteroatoms. The summed E-state index contributed by atoms with van der Waals surface area (Å²) in [6, 6.07) is 6.49. The maximum atomic E-state index is 13.6. The van der Waals surface area contributed by atoms with Crippen molar-refractivity contribution in [3.05, 3.63) is 57.5 Å². The standard InChI is InChI=1S/C14H13F4NS/c1-2-19-13(12-4-3-7-20-12)9-5-6-10(11(15)8-9)14(16,17)18/h3-8,13,19H,2H2,1H3. The van der Waals surface area contributed by atoms with Crippen LogP contribution in [0.25, 0.3) is 0 Å². The molecule has 0 saturated heterocycles. The Morgan fingerprint density at radius 2 is 2.00 bits per heavy atom. The van der Waals surface area contributed by atoms with E-state index < -0.39 is 17.6 Å². The molecule has 20 heavy (non-hydrogen) atoms. The lowest BCUT2D eigenvalue weighted by Crippen LogP contribution is -2.21. The number of hydrogen-bond donors (Lipinski definition) is 1. The first-order chi connectivity index (χ1) is 9.43. The molecule has 0 aliphatic heterocycles. The van der Waals surface area contributed by atoms with E-state index in [9.17, 15) is 17.6 Å². The molecule has 1 nitrogen and oxygen atoms in total. The van der Waals surface area contributed by atoms with Crippen molar-refractivity contribution in [2.75, 3.05) is 6.54 Å². The normalized spacial score (nSPS) is 13.4. The maximum Gasteiger partial charge on any atom is 0.419 e.